The number of allylic oxidation sites excluding steroid dienone is 4. The summed E-state index contributed by atoms with van der Waals surface area (Å²) in [4.78, 5) is 0. The van der Waals surface area contributed by atoms with Gasteiger partial charge in [-0.2, -0.15) is 0 Å². The van der Waals surface area contributed by atoms with Gasteiger partial charge in [0.25, 0.3) is 0 Å². The molecule has 0 unspecified atom stereocenters. The lowest BCUT2D eigenvalue weighted by atomic mass is 10.2. The van der Waals surface area contributed by atoms with Crippen molar-refractivity contribution in [1.82, 2.24) is 0 Å². The molecule has 0 fully saturated rings. The van der Waals surface area contributed by atoms with E-state index in [0.717, 1.165) is 0 Å². The van der Waals surface area contributed by atoms with Crippen LogP contribution in [0.5, 0.6) is 0 Å². The van der Waals surface area contributed by atoms with E-state index in [1.54, 1.807) is 5.30 Å². The number of rotatable bonds is 5. The summed E-state index contributed by atoms with van der Waals surface area (Å²) in [5, 5.41) is 1.55. The van der Waals surface area contributed by atoms with E-state index in [1.807, 2.05) is 0 Å². The van der Waals surface area contributed by atoms with Crippen molar-refractivity contribution in [3.05, 3.63) is 54.1 Å². The highest BCUT2D eigenvalue weighted by molar-refractivity contribution is 7.66. The molecule has 0 radical (unpaired) electrons. The molecule has 0 N–H and O–H groups in total. The minimum Gasteiger partial charge on any atom is -0.0913 e. The number of hydrogen-bond donors (Lipinski definition) is 0. The molecule has 0 atom stereocenters. The fourth-order valence-electron chi connectivity index (χ4n) is 1.65. The summed E-state index contributed by atoms with van der Waals surface area (Å²) in [6.45, 7) is 6.41. The number of benzene rings is 1. The first-order valence-electron chi connectivity index (χ1n) is 5.82. The highest BCUT2D eigenvalue weighted by Crippen LogP contribution is 2.35. The fourth-order valence-corrected chi connectivity index (χ4v) is 4.00. The second kappa shape index (κ2) is 7.41. The normalized spacial score (nSPS) is 12.0. The second-order valence-electron chi connectivity index (χ2n) is 3.83. The Labute approximate surface area is 101 Å². The molecule has 0 amide bonds. The predicted octanol–water partition coefficient (Wildman–Crippen LogP) is 4.25. The first-order chi connectivity index (χ1) is 7.79. The van der Waals surface area contributed by atoms with Crippen LogP contribution < -0.4 is 5.30 Å². The molecule has 0 aliphatic rings. The van der Waals surface area contributed by atoms with Gasteiger partial charge < -0.3 is 0 Å². The van der Waals surface area contributed by atoms with Crippen LogP contribution in [0.4, 0.5) is 0 Å². The highest BCUT2D eigenvalue weighted by Gasteiger charge is 2.09. The summed E-state index contributed by atoms with van der Waals surface area (Å²) in [5.74, 6) is 0. The van der Waals surface area contributed by atoms with E-state index >= 15 is 0 Å². The average molecular weight is 232 g/mol. The van der Waals surface area contributed by atoms with Gasteiger partial charge in [0.2, 0.25) is 0 Å². The minimum atomic E-state index is -0.0620. The third kappa shape index (κ3) is 3.94. The maximum Gasteiger partial charge on any atom is -0.0102 e. The Morgan fingerprint density at radius 1 is 1.00 bits per heavy atom. The van der Waals surface area contributed by atoms with E-state index in [0.29, 0.717) is 0 Å². The van der Waals surface area contributed by atoms with Gasteiger partial charge in [0.1, 0.15) is 0 Å². The summed E-state index contributed by atoms with van der Waals surface area (Å²) in [6.07, 6.45) is 11.3. The molecule has 0 saturated heterocycles. The molecular weight excluding hydrogens is 211 g/mol. The Morgan fingerprint density at radius 3 is 2.06 bits per heavy atom. The molecule has 0 bridgehead atoms. The SMILES string of the molecule is C/C=C\CP(C/C=C\C)c1ccccc1C. The van der Waals surface area contributed by atoms with Gasteiger partial charge in [-0.05, 0) is 44.0 Å². The van der Waals surface area contributed by atoms with E-state index in [2.05, 4.69) is 69.3 Å². The van der Waals surface area contributed by atoms with Gasteiger partial charge >= 0.3 is 0 Å². The van der Waals surface area contributed by atoms with Gasteiger partial charge in [-0.15, -0.1) is 0 Å². The van der Waals surface area contributed by atoms with Crippen molar-refractivity contribution in [3.8, 4) is 0 Å². The molecule has 86 valence electrons. The molecule has 0 heterocycles. The molecular formula is C15H21P. The zero-order valence-corrected chi connectivity index (χ0v) is 11.4. The van der Waals surface area contributed by atoms with Gasteiger partial charge in [0, 0.05) is 0 Å². The summed E-state index contributed by atoms with van der Waals surface area (Å²) in [7, 11) is -0.0620. The summed E-state index contributed by atoms with van der Waals surface area (Å²) < 4.78 is 0. The van der Waals surface area contributed by atoms with Gasteiger partial charge in [0.15, 0.2) is 0 Å². The monoisotopic (exact) mass is 232 g/mol. The summed E-state index contributed by atoms with van der Waals surface area (Å²) in [6, 6.07) is 8.78. The van der Waals surface area contributed by atoms with Crippen LogP contribution in [0.15, 0.2) is 48.6 Å². The summed E-state index contributed by atoms with van der Waals surface area (Å²) in [5.41, 5.74) is 1.43. The van der Waals surface area contributed by atoms with Crippen LogP contribution in [0.2, 0.25) is 0 Å². The number of hydrogen-bond acceptors (Lipinski definition) is 0. The maximum absolute atomic E-state index is 2.29. The van der Waals surface area contributed by atoms with Gasteiger partial charge in [-0.25, -0.2) is 0 Å². The van der Waals surface area contributed by atoms with Gasteiger partial charge in [-0.1, -0.05) is 56.5 Å². The zero-order chi connectivity index (χ0) is 11.8. The van der Waals surface area contributed by atoms with E-state index in [9.17, 15) is 0 Å². The lowest BCUT2D eigenvalue weighted by Gasteiger charge is -2.16. The van der Waals surface area contributed by atoms with Crippen molar-refractivity contribution < 1.29 is 0 Å². The van der Waals surface area contributed by atoms with E-state index in [1.165, 1.54) is 17.9 Å². The van der Waals surface area contributed by atoms with Crippen LogP contribution in [0, 0.1) is 6.92 Å². The third-order valence-electron chi connectivity index (χ3n) is 2.58. The molecule has 16 heavy (non-hydrogen) atoms. The quantitative estimate of drug-likeness (QED) is 0.526. The maximum atomic E-state index is 2.29. The first kappa shape index (κ1) is 13.2. The van der Waals surface area contributed by atoms with Crippen LogP contribution >= 0.6 is 7.92 Å². The molecule has 1 aromatic carbocycles. The standard InChI is InChI=1S/C15H21P/c1-4-6-12-16(13-7-5-2)15-11-9-8-10-14(15)3/h4-11H,12-13H2,1-3H3/b6-4-,7-5-. The zero-order valence-electron chi connectivity index (χ0n) is 10.5. The fraction of sp³-hybridized carbons (Fsp3) is 0.333. The predicted molar refractivity (Wildman–Crippen MR) is 77.1 cm³/mol. The minimum absolute atomic E-state index is 0.0620. The smallest absolute Gasteiger partial charge is 0.0102 e. The molecule has 0 nitrogen and oxygen atoms in total. The van der Waals surface area contributed by atoms with Crippen molar-refractivity contribution in [1.29, 1.82) is 0 Å². The topological polar surface area (TPSA) is 0 Å². The van der Waals surface area contributed by atoms with Crippen molar-refractivity contribution in [2.45, 2.75) is 20.8 Å². The number of aryl methyl sites for hydroxylation is 1. The Morgan fingerprint density at radius 2 is 1.56 bits per heavy atom. The molecule has 0 spiro atoms. The molecule has 0 saturated carbocycles. The van der Waals surface area contributed by atoms with Crippen molar-refractivity contribution in [2.24, 2.45) is 0 Å². The molecule has 1 heteroatoms. The lowest BCUT2D eigenvalue weighted by molar-refractivity contribution is 1.50. The first-order valence-corrected chi connectivity index (χ1v) is 7.53. The molecule has 0 aromatic heterocycles. The molecule has 1 rings (SSSR count). The Kier molecular flexibility index (Phi) is 6.11. The van der Waals surface area contributed by atoms with Gasteiger partial charge in [0.05, 0.1) is 0 Å². The van der Waals surface area contributed by atoms with Crippen molar-refractivity contribution in [2.75, 3.05) is 12.3 Å². The van der Waals surface area contributed by atoms with E-state index in [-0.39, 0.29) is 7.92 Å². The van der Waals surface area contributed by atoms with Gasteiger partial charge in [-0.3, -0.25) is 0 Å². The van der Waals surface area contributed by atoms with Crippen LogP contribution in [-0.4, -0.2) is 12.3 Å². The van der Waals surface area contributed by atoms with E-state index in [4.69, 9.17) is 0 Å². The average Bonchev–Trinajstić information content (AvgIpc) is 2.31. The lowest BCUT2D eigenvalue weighted by Crippen LogP contribution is -2.08. The third-order valence-corrected chi connectivity index (χ3v) is 5.07. The Balaban J connectivity index is 2.86. The van der Waals surface area contributed by atoms with Crippen molar-refractivity contribution >= 4 is 13.2 Å². The van der Waals surface area contributed by atoms with Crippen molar-refractivity contribution in [3.63, 3.8) is 0 Å². The molecule has 0 aliphatic carbocycles. The van der Waals surface area contributed by atoms with E-state index < -0.39 is 0 Å². The van der Waals surface area contributed by atoms with Crippen LogP contribution in [0.25, 0.3) is 0 Å². The molecule has 1 aromatic rings. The van der Waals surface area contributed by atoms with Crippen LogP contribution in [-0.2, 0) is 0 Å². The Hall–Kier alpha value is -0.870. The largest absolute Gasteiger partial charge is 0.0913 e. The summed E-state index contributed by atoms with van der Waals surface area (Å²) >= 11 is 0. The van der Waals surface area contributed by atoms with Crippen LogP contribution in [0.1, 0.15) is 19.4 Å². The highest BCUT2D eigenvalue weighted by atomic mass is 31.1. The van der Waals surface area contributed by atoms with Crippen LogP contribution in [0.3, 0.4) is 0 Å². The second-order valence-corrected chi connectivity index (χ2v) is 6.12. The Bertz CT molecular complexity index is 349. The molecule has 0 aliphatic heterocycles.